The molecule has 0 aromatic carbocycles. The summed E-state index contributed by atoms with van der Waals surface area (Å²) in [6, 6.07) is 2.32. The fourth-order valence-electron chi connectivity index (χ4n) is 1.99. The molecule has 1 saturated heterocycles. The van der Waals surface area contributed by atoms with Crippen LogP contribution in [0.25, 0.3) is 0 Å². The van der Waals surface area contributed by atoms with E-state index in [1.54, 1.807) is 0 Å². The van der Waals surface area contributed by atoms with Crippen LogP contribution in [0.5, 0.6) is 0 Å². The first-order valence-corrected chi connectivity index (χ1v) is 5.91. The maximum Gasteiger partial charge on any atom is 0.0950 e. The van der Waals surface area contributed by atoms with Gasteiger partial charge >= 0.3 is 0 Å². The summed E-state index contributed by atoms with van der Waals surface area (Å²) in [4.78, 5) is 2.38. The van der Waals surface area contributed by atoms with Gasteiger partial charge in [0.25, 0.3) is 0 Å². The third-order valence-electron chi connectivity index (χ3n) is 3.53. The Kier molecular flexibility index (Phi) is 4.56. The minimum absolute atomic E-state index is 0.0291. The number of piperidine rings is 1. The molecule has 0 aromatic rings. The summed E-state index contributed by atoms with van der Waals surface area (Å²) in [6.07, 6.45) is 3.36. The Morgan fingerprint density at radius 2 is 2.07 bits per heavy atom. The van der Waals surface area contributed by atoms with Gasteiger partial charge in [-0.25, -0.2) is 0 Å². The van der Waals surface area contributed by atoms with Crippen LogP contribution in [0.2, 0.25) is 0 Å². The zero-order valence-corrected chi connectivity index (χ0v) is 10.2. The van der Waals surface area contributed by atoms with Gasteiger partial charge in [-0.2, -0.15) is 5.26 Å². The Bertz CT molecular complexity index is 224. The molecule has 0 bridgehead atoms. The molecule has 0 radical (unpaired) electrons. The van der Waals surface area contributed by atoms with Crippen molar-refractivity contribution in [2.45, 2.75) is 39.2 Å². The van der Waals surface area contributed by atoms with Crippen molar-refractivity contribution < 1.29 is 0 Å². The standard InChI is InChI=1S/C12H23N3/c1-4-11(9-13)14-10-12(2)5-7-15(3)8-6-12/h11,14H,4-8,10H2,1-3H3. The van der Waals surface area contributed by atoms with Crippen LogP contribution in [0.3, 0.4) is 0 Å². The third kappa shape index (κ3) is 3.81. The Morgan fingerprint density at radius 1 is 1.47 bits per heavy atom. The van der Waals surface area contributed by atoms with Crippen molar-refractivity contribution in [3.63, 3.8) is 0 Å². The molecule has 0 spiro atoms. The summed E-state index contributed by atoms with van der Waals surface area (Å²) < 4.78 is 0. The minimum Gasteiger partial charge on any atom is -0.306 e. The van der Waals surface area contributed by atoms with E-state index in [2.05, 4.69) is 37.2 Å². The molecule has 3 heteroatoms. The van der Waals surface area contributed by atoms with E-state index >= 15 is 0 Å². The summed E-state index contributed by atoms with van der Waals surface area (Å²) in [6.45, 7) is 7.73. The number of nitrogens with zero attached hydrogens (tertiary/aromatic N) is 2. The van der Waals surface area contributed by atoms with Gasteiger partial charge in [0.05, 0.1) is 12.1 Å². The maximum atomic E-state index is 8.86. The fourth-order valence-corrected chi connectivity index (χ4v) is 1.99. The van der Waals surface area contributed by atoms with Gasteiger partial charge in [-0.3, -0.25) is 0 Å². The number of nitriles is 1. The van der Waals surface area contributed by atoms with Crippen LogP contribution < -0.4 is 5.32 Å². The maximum absolute atomic E-state index is 8.86. The van der Waals surface area contributed by atoms with Crippen molar-refractivity contribution in [2.75, 3.05) is 26.7 Å². The van der Waals surface area contributed by atoms with Crippen LogP contribution in [0.1, 0.15) is 33.1 Å². The molecule has 1 fully saturated rings. The van der Waals surface area contributed by atoms with Crippen molar-refractivity contribution in [3.8, 4) is 6.07 Å². The lowest BCUT2D eigenvalue weighted by atomic mass is 9.80. The van der Waals surface area contributed by atoms with Crippen LogP contribution in [0.4, 0.5) is 0 Å². The van der Waals surface area contributed by atoms with E-state index in [-0.39, 0.29) is 6.04 Å². The van der Waals surface area contributed by atoms with E-state index in [1.165, 1.54) is 25.9 Å². The number of hydrogen-bond donors (Lipinski definition) is 1. The minimum atomic E-state index is 0.0291. The summed E-state index contributed by atoms with van der Waals surface area (Å²) >= 11 is 0. The molecule has 0 aromatic heterocycles. The molecule has 3 nitrogen and oxygen atoms in total. The predicted molar refractivity (Wildman–Crippen MR) is 62.5 cm³/mol. The lowest BCUT2D eigenvalue weighted by Crippen LogP contribution is -2.44. The molecule has 1 heterocycles. The summed E-state index contributed by atoms with van der Waals surface area (Å²) in [5.74, 6) is 0. The van der Waals surface area contributed by atoms with Gasteiger partial charge in [0.15, 0.2) is 0 Å². The smallest absolute Gasteiger partial charge is 0.0950 e. The Balaban J connectivity index is 2.34. The predicted octanol–water partition coefficient (Wildman–Crippen LogP) is 1.61. The normalized spacial score (nSPS) is 23.3. The lowest BCUT2D eigenvalue weighted by Gasteiger charge is -2.38. The van der Waals surface area contributed by atoms with Crippen LogP contribution in [-0.4, -0.2) is 37.6 Å². The van der Waals surface area contributed by atoms with Gasteiger partial charge in [-0.1, -0.05) is 13.8 Å². The summed E-state index contributed by atoms with van der Waals surface area (Å²) in [5, 5.41) is 12.2. The molecule has 86 valence electrons. The van der Waals surface area contributed by atoms with Crippen LogP contribution in [0, 0.1) is 16.7 Å². The van der Waals surface area contributed by atoms with Gasteiger partial charge < -0.3 is 10.2 Å². The molecule has 0 saturated carbocycles. The first-order valence-electron chi connectivity index (χ1n) is 5.91. The first-order chi connectivity index (χ1) is 7.09. The fraction of sp³-hybridized carbons (Fsp3) is 0.917. The van der Waals surface area contributed by atoms with E-state index in [0.717, 1.165) is 13.0 Å². The highest BCUT2D eigenvalue weighted by atomic mass is 15.1. The first kappa shape index (κ1) is 12.5. The molecule has 1 N–H and O–H groups in total. The van der Waals surface area contributed by atoms with Crippen molar-refractivity contribution in [3.05, 3.63) is 0 Å². The van der Waals surface area contributed by atoms with E-state index in [0.29, 0.717) is 5.41 Å². The molecular weight excluding hydrogens is 186 g/mol. The zero-order valence-electron chi connectivity index (χ0n) is 10.2. The van der Waals surface area contributed by atoms with E-state index < -0.39 is 0 Å². The quantitative estimate of drug-likeness (QED) is 0.764. The van der Waals surface area contributed by atoms with Crippen LogP contribution in [0.15, 0.2) is 0 Å². The Morgan fingerprint density at radius 3 is 2.53 bits per heavy atom. The van der Waals surface area contributed by atoms with Gasteiger partial charge in [-0.05, 0) is 44.8 Å². The monoisotopic (exact) mass is 209 g/mol. The molecule has 1 aliphatic rings. The number of hydrogen-bond acceptors (Lipinski definition) is 3. The average molecular weight is 209 g/mol. The summed E-state index contributed by atoms with van der Waals surface area (Å²) in [7, 11) is 2.18. The average Bonchev–Trinajstić information content (AvgIpc) is 2.25. The highest BCUT2D eigenvalue weighted by Crippen LogP contribution is 2.29. The zero-order chi connectivity index (χ0) is 11.3. The third-order valence-corrected chi connectivity index (χ3v) is 3.53. The summed E-state index contributed by atoms with van der Waals surface area (Å²) in [5.41, 5.74) is 0.386. The van der Waals surface area contributed by atoms with E-state index in [9.17, 15) is 0 Å². The molecule has 0 aliphatic carbocycles. The highest BCUT2D eigenvalue weighted by molar-refractivity contribution is 4.91. The second-order valence-corrected chi connectivity index (χ2v) is 5.08. The molecule has 1 rings (SSSR count). The number of likely N-dealkylation sites (tertiary alicyclic amines) is 1. The Hall–Kier alpha value is -0.590. The second kappa shape index (κ2) is 5.48. The van der Waals surface area contributed by atoms with Gasteiger partial charge in [0.1, 0.15) is 0 Å². The van der Waals surface area contributed by atoms with E-state index in [4.69, 9.17) is 5.26 Å². The largest absolute Gasteiger partial charge is 0.306 e. The Labute approximate surface area is 93.5 Å². The van der Waals surface area contributed by atoms with Crippen molar-refractivity contribution >= 4 is 0 Å². The molecule has 1 unspecified atom stereocenters. The van der Waals surface area contributed by atoms with Crippen LogP contribution >= 0.6 is 0 Å². The van der Waals surface area contributed by atoms with Crippen molar-refractivity contribution in [1.29, 1.82) is 5.26 Å². The van der Waals surface area contributed by atoms with Crippen molar-refractivity contribution in [1.82, 2.24) is 10.2 Å². The molecule has 0 amide bonds. The van der Waals surface area contributed by atoms with Crippen molar-refractivity contribution in [2.24, 2.45) is 5.41 Å². The van der Waals surface area contributed by atoms with Crippen LogP contribution in [-0.2, 0) is 0 Å². The van der Waals surface area contributed by atoms with Gasteiger partial charge in [0.2, 0.25) is 0 Å². The molecule has 15 heavy (non-hydrogen) atoms. The SMILES string of the molecule is CCC(C#N)NCC1(C)CCN(C)CC1. The van der Waals surface area contributed by atoms with E-state index in [1.807, 2.05) is 0 Å². The highest BCUT2D eigenvalue weighted by Gasteiger charge is 2.28. The topological polar surface area (TPSA) is 39.1 Å². The lowest BCUT2D eigenvalue weighted by molar-refractivity contribution is 0.135. The number of rotatable bonds is 4. The van der Waals surface area contributed by atoms with Gasteiger partial charge in [-0.15, -0.1) is 0 Å². The molecular formula is C12H23N3. The second-order valence-electron chi connectivity index (χ2n) is 5.08. The molecule has 1 aliphatic heterocycles. The van der Waals surface area contributed by atoms with Gasteiger partial charge in [0, 0.05) is 6.54 Å². The number of nitrogens with one attached hydrogen (secondary N) is 1. The molecule has 1 atom stereocenters.